The molecule has 1 aromatic carbocycles. The molecule has 1 aliphatic rings. The van der Waals surface area contributed by atoms with Crippen LogP contribution in [0.25, 0.3) is 0 Å². The third-order valence-corrected chi connectivity index (χ3v) is 6.53. The number of quaternary nitrogens is 1. The molecular weight excluding hydrogens is 362 g/mol. The van der Waals surface area contributed by atoms with E-state index in [4.69, 9.17) is 11.6 Å². The summed E-state index contributed by atoms with van der Waals surface area (Å²) in [4.78, 5) is 13.4. The summed E-state index contributed by atoms with van der Waals surface area (Å²) < 4.78 is 26.8. The fourth-order valence-corrected chi connectivity index (χ4v) is 4.80. The Morgan fingerprint density at radius 2 is 2.04 bits per heavy atom. The van der Waals surface area contributed by atoms with Gasteiger partial charge in [0, 0.05) is 11.1 Å². The zero-order valence-corrected chi connectivity index (χ0v) is 16.4. The molecule has 2 N–H and O–H groups in total. The molecule has 1 amide bonds. The van der Waals surface area contributed by atoms with Crippen LogP contribution >= 0.6 is 11.6 Å². The van der Waals surface area contributed by atoms with Crippen molar-refractivity contribution in [2.75, 3.05) is 32.7 Å². The third-order valence-electron chi connectivity index (χ3n) is 4.40. The van der Waals surface area contributed by atoms with Crippen LogP contribution in [0.4, 0.5) is 0 Å². The minimum atomic E-state index is -3.53. The van der Waals surface area contributed by atoms with Gasteiger partial charge in [0.2, 0.25) is 10.0 Å². The van der Waals surface area contributed by atoms with Gasteiger partial charge in [0.15, 0.2) is 6.54 Å². The van der Waals surface area contributed by atoms with Crippen LogP contribution in [0.5, 0.6) is 0 Å². The van der Waals surface area contributed by atoms with Gasteiger partial charge in [-0.25, -0.2) is 8.42 Å². The van der Waals surface area contributed by atoms with Crippen LogP contribution in [-0.4, -0.2) is 57.4 Å². The number of carbonyl (C=O) groups excluding carboxylic acids is 1. The summed E-state index contributed by atoms with van der Waals surface area (Å²) in [5.74, 6) is 0.0297. The second-order valence-electron chi connectivity index (χ2n) is 6.55. The lowest BCUT2D eigenvalue weighted by molar-refractivity contribution is -0.895. The largest absolute Gasteiger partial charge is 0.349 e. The number of hydrogen-bond donors (Lipinski definition) is 2. The first-order chi connectivity index (χ1) is 11.8. The summed E-state index contributed by atoms with van der Waals surface area (Å²) in [6, 6.07) is 6.50. The molecule has 0 aromatic heterocycles. The topological polar surface area (TPSA) is 70.9 Å². The van der Waals surface area contributed by atoms with Crippen LogP contribution in [0.1, 0.15) is 26.7 Å². The van der Waals surface area contributed by atoms with E-state index in [0.29, 0.717) is 37.7 Å². The van der Waals surface area contributed by atoms with Crippen LogP contribution in [-0.2, 0) is 14.8 Å². The zero-order chi connectivity index (χ0) is 18.4. The first kappa shape index (κ1) is 20.2. The second-order valence-corrected chi connectivity index (χ2v) is 8.92. The highest BCUT2D eigenvalue weighted by atomic mass is 35.5. The predicted molar refractivity (Wildman–Crippen MR) is 98.3 cm³/mol. The standard InChI is InChI=1S/C17H26ClN3O3S/c1-3-5-14(2)19-17(22)13-20-8-10-21(11-9-20)25(23,24)16-7-4-6-15(18)12-16/h4,6-7,12,14H,3,5,8-11,13H2,1-2H3,(H,19,22)/p+1/t14-/m0/s1. The van der Waals surface area contributed by atoms with Gasteiger partial charge in [0.05, 0.1) is 31.1 Å². The normalized spacial score (nSPS) is 18.0. The maximum Gasteiger partial charge on any atom is 0.275 e. The van der Waals surface area contributed by atoms with Gasteiger partial charge < -0.3 is 10.2 Å². The van der Waals surface area contributed by atoms with Crippen molar-refractivity contribution in [3.05, 3.63) is 29.3 Å². The fourth-order valence-electron chi connectivity index (χ4n) is 3.05. The molecule has 1 fully saturated rings. The summed E-state index contributed by atoms with van der Waals surface area (Å²) in [5.41, 5.74) is 0. The van der Waals surface area contributed by atoms with E-state index in [2.05, 4.69) is 12.2 Å². The highest BCUT2D eigenvalue weighted by Gasteiger charge is 2.31. The number of nitrogens with one attached hydrogen (secondary N) is 2. The van der Waals surface area contributed by atoms with Gasteiger partial charge >= 0.3 is 0 Å². The molecule has 140 valence electrons. The van der Waals surface area contributed by atoms with Gasteiger partial charge in [0.25, 0.3) is 5.91 Å². The van der Waals surface area contributed by atoms with E-state index >= 15 is 0 Å². The molecular formula is C17H27ClN3O3S+. The van der Waals surface area contributed by atoms with Gasteiger partial charge in [-0.15, -0.1) is 0 Å². The van der Waals surface area contributed by atoms with Crippen molar-refractivity contribution in [2.45, 2.75) is 37.6 Å². The van der Waals surface area contributed by atoms with E-state index in [1.165, 1.54) is 10.4 Å². The molecule has 1 aliphatic heterocycles. The van der Waals surface area contributed by atoms with E-state index in [9.17, 15) is 13.2 Å². The summed E-state index contributed by atoms with van der Waals surface area (Å²) in [6.45, 7) is 6.54. The average Bonchev–Trinajstić information content (AvgIpc) is 2.55. The molecule has 25 heavy (non-hydrogen) atoms. The highest BCUT2D eigenvalue weighted by molar-refractivity contribution is 7.89. The van der Waals surface area contributed by atoms with E-state index < -0.39 is 10.0 Å². The molecule has 1 saturated heterocycles. The Labute approximate surface area is 155 Å². The zero-order valence-electron chi connectivity index (χ0n) is 14.8. The van der Waals surface area contributed by atoms with Crippen LogP contribution < -0.4 is 10.2 Å². The van der Waals surface area contributed by atoms with Crippen LogP contribution in [0.3, 0.4) is 0 Å². The number of nitrogens with zero attached hydrogens (tertiary/aromatic N) is 1. The average molecular weight is 389 g/mol. The third kappa shape index (κ3) is 5.67. The smallest absolute Gasteiger partial charge is 0.275 e. The first-order valence-electron chi connectivity index (χ1n) is 8.71. The number of hydrogen-bond acceptors (Lipinski definition) is 3. The van der Waals surface area contributed by atoms with E-state index in [1.807, 2.05) is 6.92 Å². The van der Waals surface area contributed by atoms with Crippen molar-refractivity contribution in [1.29, 1.82) is 0 Å². The monoisotopic (exact) mass is 388 g/mol. The number of amides is 1. The van der Waals surface area contributed by atoms with Gasteiger partial charge in [-0.1, -0.05) is 31.0 Å². The Kier molecular flexibility index (Phi) is 7.25. The molecule has 1 aromatic rings. The van der Waals surface area contributed by atoms with Crippen molar-refractivity contribution < 1.29 is 18.1 Å². The van der Waals surface area contributed by atoms with Gasteiger partial charge in [-0.2, -0.15) is 4.31 Å². The van der Waals surface area contributed by atoms with Crippen molar-refractivity contribution in [1.82, 2.24) is 9.62 Å². The maximum atomic E-state index is 12.7. The Morgan fingerprint density at radius 3 is 2.64 bits per heavy atom. The summed E-state index contributed by atoms with van der Waals surface area (Å²) in [5, 5.41) is 3.40. The molecule has 0 bridgehead atoms. The number of halogens is 1. The number of carbonyl (C=O) groups is 1. The molecule has 0 radical (unpaired) electrons. The van der Waals surface area contributed by atoms with Crippen molar-refractivity contribution >= 4 is 27.5 Å². The Hall–Kier alpha value is -1.15. The van der Waals surface area contributed by atoms with Gasteiger partial charge in [-0.05, 0) is 31.5 Å². The Balaban J connectivity index is 1.88. The van der Waals surface area contributed by atoms with Crippen LogP contribution in [0.15, 0.2) is 29.2 Å². The quantitative estimate of drug-likeness (QED) is 0.716. The number of piperazine rings is 1. The minimum absolute atomic E-state index is 0.0297. The molecule has 8 heteroatoms. The molecule has 6 nitrogen and oxygen atoms in total. The molecule has 0 aliphatic carbocycles. The lowest BCUT2D eigenvalue weighted by Crippen LogP contribution is -3.15. The molecule has 0 spiro atoms. The van der Waals surface area contributed by atoms with E-state index in [1.54, 1.807) is 18.2 Å². The molecule has 2 rings (SSSR count). The molecule has 1 heterocycles. The van der Waals surface area contributed by atoms with E-state index in [0.717, 1.165) is 17.7 Å². The molecule has 1 atom stereocenters. The SMILES string of the molecule is CCC[C@H](C)NC(=O)C[NH+]1CCN(S(=O)(=O)c2cccc(Cl)c2)CC1. The summed E-state index contributed by atoms with van der Waals surface area (Å²) >= 11 is 5.90. The summed E-state index contributed by atoms with van der Waals surface area (Å²) in [6.07, 6.45) is 2.00. The van der Waals surface area contributed by atoms with Gasteiger partial charge in [-0.3, -0.25) is 4.79 Å². The minimum Gasteiger partial charge on any atom is -0.349 e. The predicted octanol–water partition coefficient (Wildman–Crippen LogP) is 0.534. The number of benzene rings is 1. The lowest BCUT2D eigenvalue weighted by Gasteiger charge is -2.31. The van der Waals surface area contributed by atoms with Crippen LogP contribution in [0, 0.1) is 0 Å². The van der Waals surface area contributed by atoms with Crippen molar-refractivity contribution in [3.8, 4) is 0 Å². The van der Waals surface area contributed by atoms with Gasteiger partial charge in [0.1, 0.15) is 0 Å². The van der Waals surface area contributed by atoms with E-state index in [-0.39, 0.29) is 16.8 Å². The first-order valence-corrected chi connectivity index (χ1v) is 10.5. The Bertz CT molecular complexity index is 688. The number of sulfonamides is 1. The molecule has 0 unspecified atom stereocenters. The maximum absolute atomic E-state index is 12.7. The van der Waals surface area contributed by atoms with Crippen molar-refractivity contribution in [2.24, 2.45) is 0 Å². The number of rotatable bonds is 7. The lowest BCUT2D eigenvalue weighted by atomic mass is 10.2. The highest BCUT2D eigenvalue weighted by Crippen LogP contribution is 2.19. The summed E-state index contributed by atoms with van der Waals surface area (Å²) in [7, 11) is -3.53. The fraction of sp³-hybridized carbons (Fsp3) is 0.588. The van der Waals surface area contributed by atoms with Crippen molar-refractivity contribution in [3.63, 3.8) is 0 Å². The Morgan fingerprint density at radius 1 is 1.36 bits per heavy atom. The van der Waals surface area contributed by atoms with Crippen LogP contribution in [0.2, 0.25) is 5.02 Å². The second kappa shape index (κ2) is 8.98. The molecule has 0 saturated carbocycles.